The summed E-state index contributed by atoms with van der Waals surface area (Å²) in [4.78, 5) is 13.5. The first-order valence-electron chi connectivity index (χ1n) is 12.9. The van der Waals surface area contributed by atoms with Crippen molar-refractivity contribution in [2.24, 2.45) is 0 Å². The smallest absolute Gasteiger partial charge is 0.346 e. The van der Waals surface area contributed by atoms with Gasteiger partial charge < -0.3 is 14.4 Å². The average Bonchev–Trinajstić information content (AvgIpc) is 3.14. The molecule has 39 heavy (non-hydrogen) atoms. The Morgan fingerprint density at radius 1 is 0.923 bits per heavy atom. The number of rotatable bonds is 14. The first-order chi connectivity index (χ1) is 18.5. The highest BCUT2D eigenvalue weighted by molar-refractivity contribution is 7.54. The van der Waals surface area contributed by atoms with Crippen LogP contribution in [0.3, 0.4) is 0 Å². The molecule has 3 rings (SSSR count). The number of benzene rings is 2. The van der Waals surface area contributed by atoms with Gasteiger partial charge >= 0.3 is 13.8 Å². The minimum absolute atomic E-state index is 0.119. The predicted octanol–water partition coefficient (Wildman–Crippen LogP) is 7.68. The Bertz CT molecular complexity index is 1170. The molecule has 0 spiro atoms. The van der Waals surface area contributed by atoms with Gasteiger partial charge in [-0.05, 0) is 65.8 Å². The van der Waals surface area contributed by atoms with Gasteiger partial charge in [0.1, 0.15) is 23.6 Å². The maximum absolute atomic E-state index is 14.4. The fourth-order valence-electron chi connectivity index (χ4n) is 4.54. The van der Waals surface area contributed by atoms with Gasteiger partial charge in [0.05, 0.1) is 19.4 Å². The van der Waals surface area contributed by atoms with E-state index < -0.39 is 43.3 Å². The van der Waals surface area contributed by atoms with Crippen LogP contribution in [-0.2, 0) is 23.8 Å². The lowest BCUT2D eigenvalue weighted by Crippen LogP contribution is -2.47. The zero-order valence-corrected chi connectivity index (χ0v) is 22.8. The van der Waals surface area contributed by atoms with Crippen molar-refractivity contribution in [2.45, 2.75) is 57.5 Å². The van der Waals surface area contributed by atoms with Gasteiger partial charge in [0.15, 0.2) is 0 Å². The predicted molar refractivity (Wildman–Crippen MR) is 140 cm³/mol. The van der Waals surface area contributed by atoms with Crippen LogP contribution in [0.5, 0.6) is 0 Å². The van der Waals surface area contributed by atoms with Gasteiger partial charge in [0.2, 0.25) is 5.91 Å². The summed E-state index contributed by atoms with van der Waals surface area (Å²) < 4.78 is 92.3. The molecule has 0 saturated heterocycles. The lowest BCUT2D eigenvalue weighted by molar-refractivity contribution is -0.140. The number of halogens is 5. The standard InChI is InChI=1S/C28H33F5NO4P/c1-3-5-14-37-39(36,38-15-6-4-2)16-8-7-13-27(26(35)34-19-28(31,32)33)24-17-20(29)9-11-22(24)23-12-10-21(30)18-25(23)27/h7-12,17-18H,3-6,13-16,19H2,1-2H3,(H,34,35). The van der Waals surface area contributed by atoms with Crippen molar-refractivity contribution < 1.29 is 40.4 Å². The Morgan fingerprint density at radius 2 is 1.44 bits per heavy atom. The van der Waals surface area contributed by atoms with Crippen LogP contribution in [0.15, 0.2) is 48.6 Å². The van der Waals surface area contributed by atoms with Gasteiger partial charge in [0, 0.05) is 0 Å². The summed E-state index contributed by atoms with van der Waals surface area (Å²) in [6, 6.07) is 7.34. The summed E-state index contributed by atoms with van der Waals surface area (Å²) in [6.07, 6.45) is 0.891. The third kappa shape index (κ3) is 7.56. The number of alkyl halides is 3. The Balaban J connectivity index is 1.99. The van der Waals surface area contributed by atoms with Crippen molar-refractivity contribution in [2.75, 3.05) is 25.9 Å². The Hall–Kier alpha value is -2.55. The summed E-state index contributed by atoms with van der Waals surface area (Å²) in [7, 11) is -3.52. The Labute approximate surface area is 225 Å². The van der Waals surface area contributed by atoms with Crippen molar-refractivity contribution >= 4 is 13.5 Å². The van der Waals surface area contributed by atoms with E-state index in [4.69, 9.17) is 9.05 Å². The van der Waals surface area contributed by atoms with E-state index in [0.717, 1.165) is 25.0 Å². The van der Waals surface area contributed by atoms with Gasteiger partial charge in [0.25, 0.3) is 0 Å². The van der Waals surface area contributed by atoms with E-state index in [1.54, 1.807) is 0 Å². The molecule has 214 valence electrons. The fraction of sp³-hybridized carbons (Fsp3) is 0.464. The lowest BCUT2D eigenvalue weighted by Gasteiger charge is -2.30. The topological polar surface area (TPSA) is 64.6 Å². The van der Waals surface area contributed by atoms with Gasteiger partial charge in [-0.3, -0.25) is 9.36 Å². The van der Waals surface area contributed by atoms with E-state index in [2.05, 4.69) is 0 Å². The lowest BCUT2D eigenvalue weighted by atomic mass is 9.74. The molecule has 2 aromatic carbocycles. The van der Waals surface area contributed by atoms with Gasteiger partial charge in [-0.1, -0.05) is 51.0 Å². The summed E-state index contributed by atoms with van der Waals surface area (Å²) in [6.45, 7) is 2.77. The second-order valence-electron chi connectivity index (χ2n) is 9.43. The van der Waals surface area contributed by atoms with Crippen molar-refractivity contribution in [3.63, 3.8) is 0 Å². The van der Waals surface area contributed by atoms with E-state index in [-0.39, 0.29) is 36.9 Å². The van der Waals surface area contributed by atoms with Crippen molar-refractivity contribution in [1.29, 1.82) is 0 Å². The van der Waals surface area contributed by atoms with Crippen LogP contribution in [0.2, 0.25) is 0 Å². The number of hydrogen-bond acceptors (Lipinski definition) is 4. The first-order valence-corrected chi connectivity index (χ1v) is 14.7. The molecule has 1 aliphatic rings. The van der Waals surface area contributed by atoms with Gasteiger partial charge in [-0.25, -0.2) is 8.78 Å². The summed E-state index contributed by atoms with van der Waals surface area (Å²) in [5, 5.41) is 1.91. The number of amides is 1. The number of allylic oxidation sites excluding steroid dienone is 2. The van der Waals surface area contributed by atoms with E-state index in [9.17, 15) is 31.3 Å². The normalized spacial score (nSPS) is 14.4. The van der Waals surface area contributed by atoms with Crippen LogP contribution in [0.4, 0.5) is 22.0 Å². The second kappa shape index (κ2) is 13.2. The molecular formula is C28H33F5NO4P. The summed E-state index contributed by atoms with van der Waals surface area (Å²) >= 11 is 0. The minimum atomic E-state index is -4.70. The van der Waals surface area contributed by atoms with Crippen LogP contribution < -0.4 is 5.32 Å². The molecule has 0 unspecified atom stereocenters. The summed E-state index contributed by atoms with van der Waals surface area (Å²) in [5.41, 5.74) is -0.785. The molecule has 1 N–H and O–H groups in total. The van der Waals surface area contributed by atoms with E-state index >= 15 is 0 Å². The van der Waals surface area contributed by atoms with E-state index in [1.165, 1.54) is 36.4 Å². The third-order valence-electron chi connectivity index (χ3n) is 6.50. The highest BCUT2D eigenvalue weighted by atomic mass is 31.2. The minimum Gasteiger partial charge on any atom is -0.346 e. The molecule has 2 aromatic rings. The summed E-state index contributed by atoms with van der Waals surface area (Å²) in [5.74, 6) is -2.45. The number of unbranched alkanes of at least 4 members (excludes halogenated alkanes) is 2. The maximum atomic E-state index is 14.4. The SMILES string of the molecule is CCCCOP(=O)(CC=CCC1(C(=O)NCC(F)(F)F)c2cc(F)ccc2-c2ccc(F)cc21)OCCCC. The van der Waals surface area contributed by atoms with Gasteiger partial charge in [-0.15, -0.1) is 0 Å². The molecule has 0 saturated carbocycles. The number of carbonyl (C=O) groups is 1. The third-order valence-corrected chi connectivity index (χ3v) is 8.31. The number of carbonyl (C=O) groups excluding carboxylic acids is 1. The van der Waals surface area contributed by atoms with E-state index in [0.29, 0.717) is 24.0 Å². The molecule has 0 aromatic heterocycles. The van der Waals surface area contributed by atoms with Crippen LogP contribution in [0.25, 0.3) is 11.1 Å². The molecular weight excluding hydrogens is 540 g/mol. The number of fused-ring (bicyclic) bond motifs is 3. The quantitative estimate of drug-likeness (QED) is 0.109. The zero-order chi connectivity index (χ0) is 28.7. The molecule has 0 radical (unpaired) electrons. The number of hydrogen-bond donors (Lipinski definition) is 1. The average molecular weight is 574 g/mol. The first kappa shape index (κ1) is 31.0. The highest BCUT2D eigenvalue weighted by Crippen LogP contribution is 2.52. The van der Waals surface area contributed by atoms with Gasteiger partial charge in [-0.2, -0.15) is 13.2 Å². The second-order valence-corrected chi connectivity index (χ2v) is 11.5. The maximum Gasteiger partial charge on any atom is 0.405 e. The Kier molecular flexibility index (Phi) is 10.5. The van der Waals surface area contributed by atoms with Crippen molar-refractivity contribution in [3.05, 3.63) is 71.3 Å². The van der Waals surface area contributed by atoms with Crippen molar-refractivity contribution in [1.82, 2.24) is 5.32 Å². The zero-order valence-electron chi connectivity index (χ0n) is 22.0. The van der Waals surface area contributed by atoms with Crippen LogP contribution >= 0.6 is 7.60 Å². The fourth-order valence-corrected chi connectivity index (χ4v) is 6.05. The molecule has 11 heteroatoms. The largest absolute Gasteiger partial charge is 0.405 e. The number of nitrogens with one attached hydrogen (secondary N) is 1. The van der Waals surface area contributed by atoms with Crippen LogP contribution in [-0.4, -0.2) is 38.0 Å². The molecule has 0 aliphatic heterocycles. The molecule has 0 fully saturated rings. The van der Waals surface area contributed by atoms with Crippen LogP contribution in [0, 0.1) is 11.6 Å². The van der Waals surface area contributed by atoms with E-state index in [1.807, 2.05) is 19.2 Å². The van der Waals surface area contributed by atoms with Crippen LogP contribution in [0.1, 0.15) is 57.1 Å². The molecule has 5 nitrogen and oxygen atoms in total. The monoisotopic (exact) mass is 573 g/mol. The Morgan fingerprint density at radius 3 is 1.90 bits per heavy atom. The van der Waals surface area contributed by atoms with Crippen molar-refractivity contribution in [3.8, 4) is 11.1 Å². The molecule has 1 amide bonds. The molecule has 0 heterocycles. The molecule has 0 bridgehead atoms. The molecule has 1 aliphatic carbocycles. The highest BCUT2D eigenvalue weighted by Gasteiger charge is 2.49. The molecule has 0 atom stereocenters.